The summed E-state index contributed by atoms with van der Waals surface area (Å²) in [5, 5.41) is 0. The van der Waals surface area contributed by atoms with Crippen molar-refractivity contribution in [3.63, 3.8) is 0 Å². The van der Waals surface area contributed by atoms with E-state index in [1.807, 2.05) is 12.1 Å². The Hall–Kier alpha value is -1.96. The maximum absolute atomic E-state index is 5.93. The molecule has 2 aromatic rings. The molecule has 2 N–H and O–H groups in total. The van der Waals surface area contributed by atoms with Crippen molar-refractivity contribution < 1.29 is 0 Å². The molecule has 0 bridgehead atoms. The highest BCUT2D eigenvalue weighted by Crippen LogP contribution is 2.33. The lowest BCUT2D eigenvalue weighted by molar-refractivity contribution is 0.543. The molecular formula is C19H24N2. The van der Waals surface area contributed by atoms with Crippen molar-refractivity contribution in [3.05, 3.63) is 59.7 Å². The van der Waals surface area contributed by atoms with E-state index in [9.17, 15) is 0 Å². The van der Waals surface area contributed by atoms with E-state index in [2.05, 4.69) is 48.2 Å². The van der Waals surface area contributed by atoms with Gasteiger partial charge in [-0.1, -0.05) is 30.3 Å². The molecule has 0 heterocycles. The van der Waals surface area contributed by atoms with Crippen LogP contribution in [0.5, 0.6) is 0 Å². The normalized spacial score (nSPS) is 17.3. The van der Waals surface area contributed by atoms with Gasteiger partial charge in [0.05, 0.1) is 0 Å². The van der Waals surface area contributed by atoms with E-state index in [1.54, 1.807) is 5.56 Å². The standard InChI is InChI=1S/C19H24N2/c1-2-21(18-11-6-10-17(20)13-18)14-16-9-5-8-15-7-3-4-12-19(15)16/h3-4,6-7,10-13,16H,2,5,8-9,14,20H2,1H3. The molecule has 0 spiro atoms. The van der Waals surface area contributed by atoms with Gasteiger partial charge >= 0.3 is 0 Å². The van der Waals surface area contributed by atoms with E-state index < -0.39 is 0 Å². The molecule has 1 unspecified atom stereocenters. The van der Waals surface area contributed by atoms with Gasteiger partial charge < -0.3 is 10.6 Å². The van der Waals surface area contributed by atoms with Crippen LogP contribution in [0.2, 0.25) is 0 Å². The van der Waals surface area contributed by atoms with Crippen molar-refractivity contribution in [1.29, 1.82) is 0 Å². The number of anilines is 2. The SMILES string of the molecule is CCN(CC1CCCc2ccccc21)c1cccc(N)c1. The molecule has 3 rings (SSSR count). The Morgan fingerprint density at radius 1 is 1.14 bits per heavy atom. The lowest BCUT2D eigenvalue weighted by atomic mass is 9.82. The van der Waals surface area contributed by atoms with Crippen molar-refractivity contribution in [2.24, 2.45) is 0 Å². The van der Waals surface area contributed by atoms with E-state index in [0.717, 1.165) is 18.8 Å². The molecule has 0 saturated carbocycles. The molecule has 1 atom stereocenters. The highest BCUT2D eigenvalue weighted by atomic mass is 15.1. The number of nitrogens with two attached hydrogens (primary N) is 1. The number of hydrogen-bond donors (Lipinski definition) is 1. The zero-order chi connectivity index (χ0) is 14.7. The summed E-state index contributed by atoms with van der Waals surface area (Å²) in [5.41, 5.74) is 11.1. The van der Waals surface area contributed by atoms with Crippen LogP contribution in [0.4, 0.5) is 11.4 Å². The second kappa shape index (κ2) is 6.21. The summed E-state index contributed by atoms with van der Waals surface area (Å²) in [5.74, 6) is 0.635. The first kappa shape index (κ1) is 14.0. The molecule has 0 aromatic heterocycles. The van der Waals surface area contributed by atoms with Gasteiger partial charge in [-0.15, -0.1) is 0 Å². The second-order valence-corrected chi connectivity index (χ2v) is 5.92. The van der Waals surface area contributed by atoms with Crippen molar-refractivity contribution in [2.45, 2.75) is 32.1 Å². The van der Waals surface area contributed by atoms with Gasteiger partial charge in [0.2, 0.25) is 0 Å². The Labute approximate surface area is 127 Å². The average Bonchev–Trinajstić information content (AvgIpc) is 2.52. The lowest BCUT2D eigenvalue weighted by Crippen LogP contribution is -2.30. The largest absolute Gasteiger partial charge is 0.399 e. The van der Waals surface area contributed by atoms with Crippen LogP contribution in [-0.2, 0) is 6.42 Å². The minimum atomic E-state index is 0.635. The number of rotatable bonds is 4. The second-order valence-electron chi connectivity index (χ2n) is 5.92. The first-order valence-corrected chi connectivity index (χ1v) is 7.96. The van der Waals surface area contributed by atoms with Crippen molar-refractivity contribution in [1.82, 2.24) is 0 Å². The highest BCUT2D eigenvalue weighted by Gasteiger charge is 2.21. The minimum absolute atomic E-state index is 0.635. The summed E-state index contributed by atoms with van der Waals surface area (Å²) in [4.78, 5) is 2.45. The fraction of sp³-hybridized carbons (Fsp3) is 0.368. The molecule has 2 nitrogen and oxygen atoms in total. The van der Waals surface area contributed by atoms with Gasteiger partial charge in [0.1, 0.15) is 0 Å². The van der Waals surface area contributed by atoms with Crippen LogP contribution in [-0.4, -0.2) is 13.1 Å². The van der Waals surface area contributed by atoms with E-state index in [1.165, 1.54) is 30.5 Å². The molecular weight excluding hydrogens is 256 g/mol. The highest BCUT2D eigenvalue weighted by molar-refractivity contribution is 5.56. The summed E-state index contributed by atoms with van der Waals surface area (Å²) >= 11 is 0. The van der Waals surface area contributed by atoms with Crippen LogP contribution >= 0.6 is 0 Å². The van der Waals surface area contributed by atoms with E-state index >= 15 is 0 Å². The maximum atomic E-state index is 5.93. The third kappa shape index (κ3) is 3.05. The van der Waals surface area contributed by atoms with Crippen molar-refractivity contribution >= 4 is 11.4 Å². The molecule has 0 aliphatic heterocycles. The van der Waals surface area contributed by atoms with E-state index in [0.29, 0.717) is 5.92 Å². The zero-order valence-corrected chi connectivity index (χ0v) is 12.8. The van der Waals surface area contributed by atoms with Gasteiger partial charge in [-0.05, 0) is 55.5 Å². The van der Waals surface area contributed by atoms with Crippen LogP contribution < -0.4 is 10.6 Å². The van der Waals surface area contributed by atoms with Gasteiger partial charge in [-0.25, -0.2) is 0 Å². The Bertz CT molecular complexity index is 606. The van der Waals surface area contributed by atoms with Crippen LogP contribution in [0, 0.1) is 0 Å². The van der Waals surface area contributed by atoms with Gasteiger partial charge in [-0.2, -0.15) is 0 Å². The zero-order valence-electron chi connectivity index (χ0n) is 12.8. The van der Waals surface area contributed by atoms with Gasteiger partial charge in [0.25, 0.3) is 0 Å². The fourth-order valence-electron chi connectivity index (χ4n) is 3.45. The quantitative estimate of drug-likeness (QED) is 0.850. The minimum Gasteiger partial charge on any atom is -0.399 e. The molecule has 0 amide bonds. The molecule has 110 valence electrons. The Morgan fingerprint density at radius 3 is 2.81 bits per heavy atom. The Balaban J connectivity index is 1.82. The van der Waals surface area contributed by atoms with Gasteiger partial charge in [-0.3, -0.25) is 0 Å². The lowest BCUT2D eigenvalue weighted by Gasteiger charge is -2.32. The predicted molar refractivity (Wildman–Crippen MR) is 90.9 cm³/mol. The fourth-order valence-corrected chi connectivity index (χ4v) is 3.45. The average molecular weight is 280 g/mol. The number of hydrogen-bond acceptors (Lipinski definition) is 2. The smallest absolute Gasteiger partial charge is 0.0386 e. The summed E-state index contributed by atoms with van der Waals surface area (Å²) in [6.07, 6.45) is 3.82. The number of benzene rings is 2. The van der Waals surface area contributed by atoms with Crippen LogP contribution in [0.15, 0.2) is 48.5 Å². The number of nitrogens with zero attached hydrogens (tertiary/aromatic N) is 1. The number of likely N-dealkylation sites (N-methyl/N-ethyl adjacent to an activating group) is 1. The Morgan fingerprint density at radius 2 is 2.00 bits per heavy atom. The maximum Gasteiger partial charge on any atom is 0.0386 e. The molecule has 21 heavy (non-hydrogen) atoms. The summed E-state index contributed by atoms with van der Waals surface area (Å²) < 4.78 is 0. The molecule has 2 heteroatoms. The summed E-state index contributed by atoms with van der Waals surface area (Å²) in [6, 6.07) is 17.2. The number of fused-ring (bicyclic) bond motifs is 1. The summed E-state index contributed by atoms with van der Waals surface area (Å²) in [7, 11) is 0. The predicted octanol–water partition coefficient (Wildman–Crippen LogP) is 4.22. The van der Waals surface area contributed by atoms with Crippen LogP contribution in [0.25, 0.3) is 0 Å². The molecule has 0 radical (unpaired) electrons. The van der Waals surface area contributed by atoms with Crippen molar-refractivity contribution in [2.75, 3.05) is 23.7 Å². The monoisotopic (exact) mass is 280 g/mol. The first-order chi connectivity index (χ1) is 10.3. The third-order valence-corrected chi connectivity index (χ3v) is 4.55. The number of nitrogen functional groups attached to an aromatic ring is 1. The summed E-state index contributed by atoms with van der Waals surface area (Å²) in [6.45, 7) is 4.32. The Kier molecular flexibility index (Phi) is 4.14. The first-order valence-electron chi connectivity index (χ1n) is 7.96. The van der Waals surface area contributed by atoms with Gasteiger partial charge in [0.15, 0.2) is 0 Å². The molecule has 0 fully saturated rings. The van der Waals surface area contributed by atoms with Crippen LogP contribution in [0.1, 0.15) is 36.8 Å². The number of aryl methyl sites for hydroxylation is 1. The van der Waals surface area contributed by atoms with E-state index in [4.69, 9.17) is 5.73 Å². The van der Waals surface area contributed by atoms with Crippen LogP contribution in [0.3, 0.4) is 0 Å². The van der Waals surface area contributed by atoms with Gasteiger partial charge in [0, 0.05) is 30.4 Å². The molecule has 0 saturated heterocycles. The van der Waals surface area contributed by atoms with Crippen molar-refractivity contribution in [3.8, 4) is 0 Å². The third-order valence-electron chi connectivity index (χ3n) is 4.55. The molecule has 1 aliphatic rings. The molecule has 1 aliphatic carbocycles. The topological polar surface area (TPSA) is 29.3 Å². The van der Waals surface area contributed by atoms with E-state index in [-0.39, 0.29) is 0 Å². The molecule has 2 aromatic carbocycles.